The van der Waals surface area contributed by atoms with Gasteiger partial charge in [0.1, 0.15) is 11.5 Å². The van der Waals surface area contributed by atoms with Crippen molar-refractivity contribution in [1.29, 1.82) is 0 Å². The number of nitrogens with zero attached hydrogens (tertiary/aromatic N) is 1. The van der Waals surface area contributed by atoms with Crippen molar-refractivity contribution in [2.45, 2.75) is 13.8 Å². The van der Waals surface area contributed by atoms with Crippen LogP contribution in [0.3, 0.4) is 0 Å². The number of benzene rings is 1. The van der Waals surface area contributed by atoms with Crippen molar-refractivity contribution < 1.29 is 4.79 Å². The maximum Gasteiger partial charge on any atom is 0.274 e. The van der Waals surface area contributed by atoms with E-state index in [0.29, 0.717) is 22.2 Å². The summed E-state index contributed by atoms with van der Waals surface area (Å²) in [4.78, 5) is 16.4. The minimum atomic E-state index is -0.280. The predicted octanol–water partition coefficient (Wildman–Crippen LogP) is 3.73. The fraction of sp³-hybridized carbons (Fsp3) is 0.200. The molecule has 1 heterocycles. The largest absolute Gasteiger partial charge is 0.370 e. The van der Waals surface area contributed by atoms with Gasteiger partial charge in [-0.05, 0) is 43.7 Å². The highest BCUT2D eigenvalue weighted by molar-refractivity contribution is 6.33. The van der Waals surface area contributed by atoms with Gasteiger partial charge in [0.15, 0.2) is 0 Å². The topological polar surface area (TPSA) is 54.0 Å². The van der Waals surface area contributed by atoms with Crippen LogP contribution in [0, 0.1) is 6.92 Å². The van der Waals surface area contributed by atoms with E-state index in [9.17, 15) is 4.79 Å². The fourth-order valence-electron chi connectivity index (χ4n) is 1.76. The zero-order valence-corrected chi connectivity index (χ0v) is 12.2. The summed E-state index contributed by atoms with van der Waals surface area (Å²) in [5.41, 5.74) is 1.97. The van der Waals surface area contributed by atoms with E-state index >= 15 is 0 Å². The lowest BCUT2D eigenvalue weighted by molar-refractivity contribution is 0.102. The Hall–Kier alpha value is -2.07. The molecule has 104 valence electrons. The van der Waals surface area contributed by atoms with Gasteiger partial charge in [-0.2, -0.15) is 0 Å². The molecule has 4 nitrogen and oxygen atoms in total. The maximum absolute atomic E-state index is 12.2. The number of halogens is 1. The number of amides is 1. The van der Waals surface area contributed by atoms with Crippen LogP contribution in [0.2, 0.25) is 5.02 Å². The molecule has 0 saturated heterocycles. The van der Waals surface area contributed by atoms with E-state index in [1.54, 1.807) is 18.2 Å². The number of hydrogen-bond acceptors (Lipinski definition) is 3. The molecule has 20 heavy (non-hydrogen) atoms. The van der Waals surface area contributed by atoms with Crippen molar-refractivity contribution in [2.75, 3.05) is 17.2 Å². The molecule has 0 aliphatic heterocycles. The minimum Gasteiger partial charge on any atom is -0.370 e. The number of rotatable bonds is 4. The molecule has 0 bridgehead atoms. The molecule has 0 fully saturated rings. The lowest BCUT2D eigenvalue weighted by Gasteiger charge is -2.09. The van der Waals surface area contributed by atoms with Crippen molar-refractivity contribution in [3.8, 4) is 0 Å². The van der Waals surface area contributed by atoms with Gasteiger partial charge < -0.3 is 10.6 Å². The number of aryl methyl sites for hydroxylation is 1. The molecule has 0 aliphatic carbocycles. The molecule has 0 radical (unpaired) electrons. The average molecular weight is 290 g/mol. The number of carbonyl (C=O) groups is 1. The first-order chi connectivity index (χ1) is 9.60. The first kappa shape index (κ1) is 14.3. The summed E-state index contributed by atoms with van der Waals surface area (Å²) in [6, 6.07) is 10.8. The first-order valence-electron chi connectivity index (χ1n) is 6.38. The maximum atomic E-state index is 12.2. The van der Waals surface area contributed by atoms with Gasteiger partial charge in [-0.25, -0.2) is 4.98 Å². The van der Waals surface area contributed by atoms with Crippen LogP contribution in [0.4, 0.5) is 11.5 Å². The van der Waals surface area contributed by atoms with E-state index in [4.69, 9.17) is 11.6 Å². The zero-order chi connectivity index (χ0) is 14.5. The Morgan fingerprint density at radius 1 is 1.30 bits per heavy atom. The van der Waals surface area contributed by atoms with Crippen LogP contribution in [0.1, 0.15) is 23.0 Å². The fourth-order valence-corrected chi connectivity index (χ4v) is 1.93. The molecular weight excluding hydrogens is 274 g/mol. The lowest BCUT2D eigenvalue weighted by atomic mass is 10.2. The molecule has 2 N–H and O–H groups in total. The van der Waals surface area contributed by atoms with Crippen LogP contribution in [-0.2, 0) is 0 Å². The third-order valence-corrected chi connectivity index (χ3v) is 3.04. The molecular formula is C15H16ClN3O. The van der Waals surface area contributed by atoms with Gasteiger partial charge in [-0.3, -0.25) is 4.79 Å². The molecule has 1 amide bonds. The number of hydrogen-bond donors (Lipinski definition) is 2. The smallest absolute Gasteiger partial charge is 0.274 e. The number of pyridine rings is 1. The zero-order valence-electron chi connectivity index (χ0n) is 11.4. The van der Waals surface area contributed by atoms with Crippen molar-refractivity contribution in [3.05, 3.63) is 52.7 Å². The molecule has 5 heteroatoms. The predicted molar refractivity (Wildman–Crippen MR) is 82.5 cm³/mol. The summed E-state index contributed by atoms with van der Waals surface area (Å²) < 4.78 is 0. The van der Waals surface area contributed by atoms with Crippen LogP contribution in [0.25, 0.3) is 0 Å². The molecule has 0 unspecified atom stereocenters. The van der Waals surface area contributed by atoms with Crippen molar-refractivity contribution in [1.82, 2.24) is 4.98 Å². The third kappa shape index (κ3) is 3.48. The molecule has 1 aromatic heterocycles. The standard InChI is InChI=1S/C15H16ClN3O/c1-3-17-14-6-4-5-12(18-14)15(20)19-13-9-10(2)7-8-11(13)16/h4-9H,3H2,1-2H3,(H,17,18)(H,19,20). The number of nitrogens with one attached hydrogen (secondary N) is 2. The van der Waals surface area contributed by atoms with Gasteiger partial charge in [0.2, 0.25) is 0 Å². The molecule has 0 aliphatic rings. The SMILES string of the molecule is CCNc1cccc(C(=O)Nc2cc(C)ccc2Cl)n1. The first-order valence-corrected chi connectivity index (χ1v) is 6.76. The number of anilines is 2. The summed E-state index contributed by atoms with van der Waals surface area (Å²) in [5.74, 6) is 0.396. The molecule has 0 spiro atoms. The van der Waals surface area contributed by atoms with Crippen LogP contribution in [-0.4, -0.2) is 17.4 Å². The quantitative estimate of drug-likeness (QED) is 0.902. The highest BCUT2D eigenvalue weighted by atomic mass is 35.5. The van der Waals surface area contributed by atoms with E-state index in [2.05, 4.69) is 15.6 Å². The lowest BCUT2D eigenvalue weighted by Crippen LogP contribution is -2.15. The second-order valence-corrected chi connectivity index (χ2v) is 4.78. The summed E-state index contributed by atoms with van der Waals surface area (Å²) in [7, 11) is 0. The number of aromatic nitrogens is 1. The van der Waals surface area contributed by atoms with Crippen LogP contribution < -0.4 is 10.6 Å². The molecule has 2 aromatic rings. The van der Waals surface area contributed by atoms with Crippen LogP contribution >= 0.6 is 11.6 Å². The van der Waals surface area contributed by atoms with Gasteiger partial charge >= 0.3 is 0 Å². The Morgan fingerprint density at radius 2 is 2.10 bits per heavy atom. The molecule has 2 rings (SSSR count). The van der Waals surface area contributed by atoms with Crippen molar-refractivity contribution >= 4 is 29.0 Å². The normalized spacial score (nSPS) is 10.2. The van der Waals surface area contributed by atoms with Gasteiger partial charge in [0.25, 0.3) is 5.91 Å². The number of carbonyl (C=O) groups excluding carboxylic acids is 1. The molecule has 0 saturated carbocycles. The van der Waals surface area contributed by atoms with Crippen LogP contribution in [0.15, 0.2) is 36.4 Å². The van der Waals surface area contributed by atoms with E-state index in [-0.39, 0.29) is 5.91 Å². The van der Waals surface area contributed by atoms with Gasteiger partial charge in [0.05, 0.1) is 10.7 Å². The summed E-state index contributed by atoms with van der Waals surface area (Å²) >= 11 is 6.06. The Bertz CT molecular complexity index is 628. The Morgan fingerprint density at radius 3 is 2.85 bits per heavy atom. The van der Waals surface area contributed by atoms with Gasteiger partial charge in [-0.15, -0.1) is 0 Å². The Kier molecular flexibility index (Phi) is 4.58. The highest BCUT2D eigenvalue weighted by Crippen LogP contribution is 2.23. The highest BCUT2D eigenvalue weighted by Gasteiger charge is 2.10. The monoisotopic (exact) mass is 289 g/mol. The Labute approximate surface area is 123 Å². The van der Waals surface area contributed by atoms with Crippen molar-refractivity contribution in [3.63, 3.8) is 0 Å². The van der Waals surface area contributed by atoms with Gasteiger partial charge in [0, 0.05) is 6.54 Å². The summed E-state index contributed by atoms with van der Waals surface area (Å²) in [6.07, 6.45) is 0. The third-order valence-electron chi connectivity index (χ3n) is 2.71. The second-order valence-electron chi connectivity index (χ2n) is 4.38. The molecule has 1 aromatic carbocycles. The Balaban J connectivity index is 2.19. The second kappa shape index (κ2) is 6.39. The minimum absolute atomic E-state index is 0.280. The van der Waals surface area contributed by atoms with E-state index < -0.39 is 0 Å². The van der Waals surface area contributed by atoms with E-state index in [1.807, 2.05) is 32.0 Å². The average Bonchev–Trinajstić information content (AvgIpc) is 2.43. The van der Waals surface area contributed by atoms with Crippen LogP contribution in [0.5, 0.6) is 0 Å². The molecule has 0 atom stereocenters. The van der Waals surface area contributed by atoms with E-state index in [1.165, 1.54) is 0 Å². The van der Waals surface area contributed by atoms with E-state index in [0.717, 1.165) is 12.1 Å². The summed E-state index contributed by atoms with van der Waals surface area (Å²) in [5, 5.41) is 6.35. The van der Waals surface area contributed by atoms with Gasteiger partial charge in [-0.1, -0.05) is 23.7 Å². The summed E-state index contributed by atoms with van der Waals surface area (Å²) in [6.45, 7) is 4.67. The van der Waals surface area contributed by atoms with Crippen molar-refractivity contribution in [2.24, 2.45) is 0 Å².